The van der Waals surface area contributed by atoms with Gasteiger partial charge in [0.2, 0.25) is 0 Å². The topological polar surface area (TPSA) is 27.0 Å². The van der Waals surface area contributed by atoms with Crippen LogP contribution in [0.3, 0.4) is 0 Å². The van der Waals surface area contributed by atoms with Gasteiger partial charge in [0.1, 0.15) is 0 Å². The first-order chi connectivity index (χ1) is 9.29. The minimum Gasteiger partial charge on any atom is -0.366 e. The Balaban J connectivity index is 2.14. The SMILES string of the molecule is N#CCCN(Cc1ccc(Br)cc1)c1ccccc1. The van der Waals surface area contributed by atoms with Crippen LogP contribution < -0.4 is 4.90 Å². The molecule has 2 aromatic rings. The third-order valence-electron chi connectivity index (χ3n) is 2.90. The van der Waals surface area contributed by atoms with Gasteiger partial charge in [-0.1, -0.05) is 46.3 Å². The summed E-state index contributed by atoms with van der Waals surface area (Å²) in [5.74, 6) is 0. The molecule has 0 N–H and O–H groups in total. The van der Waals surface area contributed by atoms with E-state index in [2.05, 4.69) is 51.2 Å². The second-order valence-electron chi connectivity index (χ2n) is 4.29. The number of anilines is 1. The van der Waals surface area contributed by atoms with Crippen LogP contribution in [0.5, 0.6) is 0 Å². The molecule has 0 aliphatic heterocycles. The monoisotopic (exact) mass is 314 g/mol. The molecule has 0 saturated heterocycles. The maximum Gasteiger partial charge on any atom is 0.0640 e. The van der Waals surface area contributed by atoms with Gasteiger partial charge in [0.25, 0.3) is 0 Å². The molecule has 0 unspecified atom stereocenters. The molecular weight excluding hydrogens is 300 g/mol. The molecular formula is C16H15BrN2. The van der Waals surface area contributed by atoms with Crippen LogP contribution in [0.2, 0.25) is 0 Å². The molecule has 0 aliphatic rings. The average molecular weight is 315 g/mol. The van der Waals surface area contributed by atoms with Crippen molar-refractivity contribution in [1.82, 2.24) is 0 Å². The van der Waals surface area contributed by atoms with Crippen LogP contribution in [0.1, 0.15) is 12.0 Å². The van der Waals surface area contributed by atoms with E-state index in [4.69, 9.17) is 5.26 Å². The zero-order valence-corrected chi connectivity index (χ0v) is 12.2. The molecule has 0 bridgehead atoms. The van der Waals surface area contributed by atoms with Crippen LogP contribution in [0.4, 0.5) is 5.69 Å². The van der Waals surface area contributed by atoms with E-state index < -0.39 is 0 Å². The van der Waals surface area contributed by atoms with Gasteiger partial charge < -0.3 is 4.90 Å². The summed E-state index contributed by atoms with van der Waals surface area (Å²) < 4.78 is 1.08. The first-order valence-electron chi connectivity index (χ1n) is 6.21. The normalized spacial score (nSPS) is 9.89. The Morgan fingerprint density at radius 2 is 1.68 bits per heavy atom. The number of hydrogen-bond donors (Lipinski definition) is 0. The molecule has 0 amide bonds. The average Bonchev–Trinajstić information content (AvgIpc) is 2.46. The van der Waals surface area contributed by atoms with E-state index in [1.165, 1.54) is 5.56 Å². The Morgan fingerprint density at radius 3 is 2.32 bits per heavy atom. The predicted molar refractivity (Wildman–Crippen MR) is 81.9 cm³/mol. The summed E-state index contributed by atoms with van der Waals surface area (Å²) in [6.07, 6.45) is 0.533. The molecule has 0 atom stereocenters. The molecule has 0 fully saturated rings. The van der Waals surface area contributed by atoms with Crippen molar-refractivity contribution in [2.45, 2.75) is 13.0 Å². The van der Waals surface area contributed by atoms with Crippen molar-refractivity contribution < 1.29 is 0 Å². The molecule has 0 aromatic heterocycles. The Morgan fingerprint density at radius 1 is 1.00 bits per heavy atom. The third kappa shape index (κ3) is 4.11. The fraction of sp³-hybridized carbons (Fsp3) is 0.188. The number of benzene rings is 2. The summed E-state index contributed by atoms with van der Waals surface area (Å²) in [5.41, 5.74) is 2.39. The largest absolute Gasteiger partial charge is 0.366 e. The zero-order chi connectivity index (χ0) is 13.5. The van der Waals surface area contributed by atoms with Crippen molar-refractivity contribution in [2.75, 3.05) is 11.4 Å². The van der Waals surface area contributed by atoms with Crippen molar-refractivity contribution in [1.29, 1.82) is 5.26 Å². The van der Waals surface area contributed by atoms with Crippen LogP contribution in [0.15, 0.2) is 59.1 Å². The smallest absolute Gasteiger partial charge is 0.0640 e. The highest BCUT2D eigenvalue weighted by atomic mass is 79.9. The molecule has 96 valence electrons. The van der Waals surface area contributed by atoms with Gasteiger partial charge in [-0.3, -0.25) is 0 Å². The second-order valence-corrected chi connectivity index (χ2v) is 5.21. The van der Waals surface area contributed by atoms with Gasteiger partial charge in [-0.25, -0.2) is 0 Å². The van der Waals surface area contributed by atoms with E-state index in [9.17, 15) is 0 Å². The Bertz CT molecular complexity index is 543. The van der Waals surface area contributed by atoms with E-state index >= 15 is 0 Å². The maximum atomic E-state index is 8.78. The summed E-state index contributed by atoms with van der Waals surface area (Å²) in [7, 11) is 0. The highest BCUT2D eigenvalue weighted by Gasteiger charge is 2.06. The summed E-state index contributed by atoms with van der Waals surface area (Å²) in [4.78, 5) is 2.23. The van der Waals surface area contributed by atoms with Gasteiger partial charge in [0.05, 0.1) is 12.5 Å². The standard InChI is InChI=1S/C16H15BrN2/c17-15-9-7-14(8-10-15)13-19(12-4-11-18)16-5-2-1-3-6-16/h1-3,5-10H,4,12-13H2. The minimum absolute atomic E-state index is 0.533. The number of nitrogens with zero attached hydrogens (tertiary/aromatic N) is 2. The molecule has 2 rings (SSSR count). The lowest BCUT2D eigenvalue weighted by Crippen LogP contribution is -2.23. The Labute approximate surface area is 122 Å². The molecule has 3 heteroatoms. The van der Waals surface area contributed by atoms with Gasteiger partial charge in [-0.2, -0.15) is 5.26 Å². The first-order valence-corrected chi connectivity index (χ1v) is 7.00. The molecule has 0 radical (unpaired) electrons. The predicted octanol–water partition coefficient (Wildman–Crippen LogP) is 4.37. The molecule has 0 saturated carbocycles. The summed E-state index contributed by atoms with van der Waals surface area (Å²) in [6.45, 7) is 1.57. The van der Waals surface area contributed by atoms with E-state index in [1.807, 2.05) is 30.3 Å². The lowest BCUT2D eigenvalue weighted by Gasteiger charge is -2.24. The van der Waals surface area contributed by atoms with Gasteiger partial charge in [-0.05, 0) is 29.8 Å². The quantitative estimate of drug-likeness (QED) is 0.819. The third-order valence-corrected chi connectivity index (χ3v) is 3.43. The molecule has 0 heterocycles. The van der Waals surface area contributed by atoms with E-state index in [-0.39, 0.29) is 0 Å². The van der Waals surface area contributed by atoms with Crippen molar-refractivity contribution in [3.05, 3.63) is 64.6 Å². The van der Waals surface area contributed by atoms with E-state index in [0.717, 1.165) is 23.2 Å². The number of nitriles is 1. The maximum absolute atomic E-state index is 8.78. The zero-order valence-electron chi connectivity index (χ0n) is 10.6. The van der Waals surface area contributed by atoms with Crippen molar-refractivity contribution in [3.63, 3.8) is 0 Å². The van der Waals surface area contributed by atoms with E-state index in [1.54, 1.807) is 0 Å². The fourth-order valence-electron chi connectivity index (χ4n) is 1.93. The molecule has 2 aromatic carbocycles. The van der Waals surface area contributed by atoms with E-state index in [0.29, 0.717) is 6.42 Å². The summed E-state index contributed by atoms with van der Waals surface area (Å²) >= 11 is 3.44. The van der Waals surface area contributed by atoms with Gasteiger partial charge in [0, 0.05) is 23.2 Å². The Kier molecular flexibility index (Phi) is 5.00. The molecule has 2 nitrogen and oxygen atoms in total. The second kappa shape index (κ2) is 6.96. The van der Waals surface area contributed by atoms with Crippen molar-refractivity contribution >= 4 is 21.6 Å². The fourth-order valence-corrected chi connectivity index (χ4v) is 2.20. The van der Waals surface area contributed by atoms with Crippen LogP contribution in [0, 0.1) is 11.3 Å². The highest BCUT2D eigenvalue weighted by molar-refractivity contribution is 9.10. The van der Waals surface area contributed by atoms with Crippen LogP contribution in [0.25, 0.3) is 0 Å². The van der Waals surface area contributed by atoms with Gasteiger partial charge in [-0.15, -0.1) is 0 Å². The lowest BCUT2D eigenvalue weighted by atomic mass is 10.2. The van der Waals surface area contributed by atoms with Crippen LogP contribution in [-0.4, -0.2) is 6.54 Å². The first kappa shape index (κ1) is 13.6. The lowest BCUT2D eigenvalue weighted by molar-refractivity contribution is 0.798. The van der Waals surface area contributed by atoms with Crippen molar-refractivity contribution in [2.24, 2.45) is 0 Å². The number of rotatable bonds is 5. The number of para-hydroxylation sites is 1. The van der Waals surface area contributed by atoms with Crippen LogP contribution >= 0.6 is 15.9 Å². The van der Waals surface area contributed by atoms with Gasteiger partial charge >= 0.3 is 0 Å². The van der Waals surface area contributed by atoms with Gasteiger partial charge in [0.15, 0.2) is 0 Å². The minimum atomic E-state index is 0.533. The van der Waals surface area contributed by atoms with Crippen LogP contribution in [-0.2, 0) is 6.54 Å². The molecule has 0 aliphatic carbocycles. The highest BCUT2D eigenvalue weighted by Crippen LogP contribution is 2.18. The molecule has 19 heavy (non-hydrogen) atoms. The summed E-state index contributed by atoms with van der Waals surface area (Å²) in [5, 5.41) is 8.78. The Hall–Kier alpha value is -1.79. The molecule has 0 spiro atoms. The number of hydrogen-bond acceptors (Lipinski definition) is 2. The number of halogens is 1. The summed E-state index contributed by atoms with van der Waals surface area (Å²) in [6, 6.07) is 20.7. The van der Waals surface area contributed by atoms with Crippen molar-refractivity contribution in [3.8, 4) is 6.07 Å².